The van der Waals surface area contributed by atoms with Gasteiger partial charge in [-0.05, 0) is 87.9 Å². The second-order valence-corrected chi connectivity index (χ2v) is 15.2. The second kappa shape index (κ2) is 18.8. The third-order valence-corrected chi connectivity index (χ3v) is 12.7. The van der Waals surface area contributed by atoms with E-state index in [-0.39, 0.29) is 15.8 Å². The lowest BCUT2D eigenvalue weighted by atomic mass is 10.1. The molecule has 40 heavy (non-hydrogen) atoms. The van der Waals surface area contributed by atoms with Gasteiger partial charge in [-0.1, -0.05) is 159 Å². The molecule has 0 radical (unpaired) electrons. The van der Waals surface area contributed by atoms with Crippen LogP contribution in [-0.2, 0) is 0 Å². The minimum Gasteiger partial charge on any atom is -0.0885 e. The molecule has 4 rings (SSSR count). The molecule has 0 spiro atoms. The SMILES string of the molecule is C(=C\CCCCCCP(c1ccccc1)c1ccccc1)/CCCCCCP(c1ccccc1)c1ccccc1. The normalized spacial score (nSPS) is 11.6. The van der Waals surface area contributed by atoms with Crippen LogP contribution >= 0.6 is 15.8 Å². The molecule has 4 aromatic carbocycles. The van der Waals surface area contributed by atoms with E-state index >= 15 is 0 Å². The lowest BCUT2D eigenvalue weighted by Crippen LogP contribution is -2.13. The van der Waals surface area contributed by atoms with Gasteiger partial charge in [-0.25, -0.2) is 0 Å². The second-order valence-electron chi connectivity index (χ2n) is 10.5. The van der Waals surface area contributed by atoms with Crippen LogP contribution in [0.4, 0.5) is 0 Å². The smallest absolute Gasteiger partial charge is 0.0195 e. The molecule has 0 saturated carbocycles. The molecule has 0 atom stereocenters. The molecule has 0 fully saturated rings. The van der Waals surface area contributed by atoms with E-state index in [1.165, 1.54) is 97.8 Å². The number of hydrogen-bond donors (Lipinski definition) is 0. The summed E-state index contributed by atoms with van der Waals surface area (Å²) >= 11 is 0. The van der Waals surface area contributed by atoms with E-state index in [9.17, 15) is 0 Å². The van der Waals surface area contributed by atoms with Crippen LogP contribution in [0.5, 0.6) is 0 Å². The van der Waals surface area contributed by atoms with Crippen molar-refractivity contribution in [1.82, 2.24) is 0 Å². The standard InChI is InChI=1S/C38H46P2/c1(3-5-7-9-23-33-39(35-25-15-11-16-26-35)36-27-17-12-18-28-36)2-4-6-8-10-24-34-40(37-29-19-13-20-30-37)38-31-21-14-22-32-38/h1-2,11-22,25-32H,3-10,23-24,33-34H2/b2-1+. The quantitative estimate of drug-likeness (QED) is 0.0641. The molecule has 208 valence electrons. The summed E-state index contributed by atoms with van der Waals surface area (Å²) in [5.74, 6) is 0. The minimum atomic E-state index is -0.231. The average molecular weight is 565 g/mol. The van der Waals surface area contributed by atoms with E-state index in [0.29, 0.717) is 0 Å². The number of rotatable bonds is 18. The number of benzene rings is 4. The molecule has 0 amide bonds. The van der Waals surface area contributed by atoms with Crippen molar-refractivity contribution >= 4 is 37.1 Å². The summed E-state index contributed by atoms with van der Waals surface area (Å²) in [7, 11) is -0.462. The highest BCUT2D eigenvalue weighted by Crippen LogP contribution is 2.35. The summed E-state index contributed by atoms with van der Waals surface area (Å²) < 4.78 is 0. The van der Waals surface area contributed by atoms with Crippen molar-refractivity contribution in [2.75, 3.05) is 12.3 Å². The topological polar surface area (TPSA) is 0 Å². The Kier molecular flexibility index (Phi) is 14.3. The highest BCUT2D eigenvalue weighted by Gasteiger charge is 2.13. The van der Waals surface area contributed by atoms with Crippen molar-refractivity contribution in [3.8, 4) is 0 Å². The fourth-order valence-electron chi connectivity index (χ4n) is 5.25. The van der Waals surface area contributed by atoms with Gasteiger partial charge in [0.05, 0.1) is 0 Å². The predicted molar refractivity (Wildman–Crippen MR) is 183 cm³/mol. The van der Waals surface area contributed by atoms with Crippen molar-refractivity contribution in [3.63, 3.8) is 0 Å². The Hall–Kier alpha value is -2.52. The molecule has 0 bridgehead atoms. The first-order valence-corrected chi connectivity index (χ1v) is 18.4. The summed E-state index contributed by atoms with van der Waals surface area (Å²) in [6.07, 6.45) is 20.7. The summed E-state index contributed by atoms with van der Waals surface area (Å²) in [5.41, 5.74) is 0. The van der Waals surface area contributed by atoms with Gasteiger partial charge >= 0.3 is 0 Å². The molecule has 0 saturated heterocycles. The fourth-order valence-corrected chi connectivity index (χ4v) is 10.1. The van der Waals surface area contributed by atoms with Crippen LogP contribution in [-0.4, -0.2) is 12.3 Å². The van der Waals surface area contributed by atoms with Crippen molar-refractivity contribution in [2.45, 2.75) is 64.2 Å². The molecule has 0 aliphatic carbocycles. The van der Waals surface area contributed by atoms with Crippen molar-refractivity contribution in [2.24, 2.45) is 0 Å². The van der Waals surface area contributed by atoms with Gasteiger partial charge in [0.2, 0.25) is 0 Å². The van der Waals surface area contributed by atoms with Gasteiger partial charge in [0, 0.05) is 0 Å². The highest BCUT2D eigenvalue weighted by atomic mass is 31.1. The van der Waals surface area contributed by atoms with E-state index in [0.717, 1.165) is 0 Å². The zero-order chi connectivity index (χ0) is 27.5. The van der Waals surface area contributed by atoms with E-state index in [4.69, 9.17) is 0 Å². The maximum atomic E-state index is 2.44. The van der Waals surface area contributed by atoms with Gasteiger partial charge in [0.25, 0.3) is 0 Å². The molecule has 4 aromatic rings. The average Bonchev–Trinajstić information content (AvgIpc) is 3.03. The van der Waals surface area contributed by atoms with Crippen LogP contribution in [0.25, 0.3) is 0 Å². The highest BCUT2D eigenvalue weighted by molar-refractivity contribution is 7.73. The molecule has 0 aromatic heterocycles. The Morgan fingerprint density at radius 2 is 0.600 bits per heavy atom. The maximum Gasteiger partial charge on any atom is -0.0195 e. The Labute approximate surface area is 246 Å². The monoisotopic (exact) mass is 564 g/mol. The van der Waals surface area contributed by atoms with Crippen molar-refractivity contribution in [1.29, 1.82) is 0 Å². The number of hydrogen-bond acceptors (Lipinski definition) is 0. The lowest BCUT2D eigenvalue weighted by Gasteiger charge is -2.18. The Morgan fingerprint density at radius 1 is 0.325 bits per heavy atom. The van der Waals surface area contributed by atoms with Gasteiger partial charge in [-0.3, -0.25) is 0 Å². The molecule has 2 heteroatoms. The third kappa shape index (κ3) is 10.8. The molecule has 0 heterocycles. The largest absolute Gasteiger partial charge is 0.0885 e. The number of allylic oxidation sites excluding steroid dienone is 2. The molecule has 0 unspecified atom stereocenters. The van der Waals surface area contributed by atoms with Crippen molar-refractivity contribution in [3.05, 3.63) is 133 Å². The van der Waals surface area contributed by atoms with Crippen LogP contribution in [0.3, 0.4) is 0 Å². The summed E-state index contributed by atoms with van der Waals surface area (Å²) in [4.78, 5) is 0. The Morgan fingerprint density at radius 3 is 0.900 bits per heavy atom. The number of unbranched alkanes of at least 4 members (excludes halogenated alkanes) is 8. The van der Waals surface area contributed by atoms with Gasteiger partial charge in [0.15, 0.2) is 0 Å². The molecular formula is C38H46P2. The molecule has 0 nitrogen and oxygen atoms in total. The zero-order valence-electron chi connectivity index (χ0n) is 24.1. The zero-order valence-corrected chi connectivity index (χ0v) is 25.9. The lowest BCUT2D eigenvalue weighted by molar-refractivity contribution is 0.668. The van der Waals surface area contributed by atoms with Gasteiger partial charge in [0.1, 0.15) is 0 Å². The van der Waals surface area contributed by atoms with Crippen LogP contribution < -0.4 is 21.2 Å². The van der Waals surface area contributed by atoms with E-state index in [1.54, 1.807) is 0 Å². The van der Waals surface area contributed by atoms with Crippen LogP contribution in [0.15, 0.2) is 133 Å². The van der Waals surface area contributed by atoms with E-state index in [2.05, 4.69) is 133 Å². The van der Waals surface area contributed by atoms with Gasteiger partial charge < -0.3 is 0 Å². The van der Waals surface area contributed by atoms with Gasteiger partial charge in [-0.15, -0.1) is 0 Å². The third-order valence-electron chi connectivity index (χ3n) is 7.44. The van der Waals surface area contributed by atoms with Crippen LogP contribution in [0.2, 0.25) is 0 Å². The first-order valence-electron chi connectivity index (χ1n) is 15.3. The Balaban J connectivity index is 1.05. The molecule has 0 aliphatic rings. The van der Waals surface area contributed by atoms with Gasteiger partial charge in [-0.2, -0.15) is 0 Å². The minimum absolute atomic E-state index is 0.231. The molecule has 0 aliphatic heterocycles. The van der Waals surface area contributed by atoms with Crippen molar-refractivity contribution < 1.29 is 0 Å². The Bertz CT molecular complexity index is 1010. The predicted octanol–water partition coefficient (Wildman–Crippen LogP) is 9.71. The van der Waals surface area contributed by atoms with Crippen LogP contribution in [0, 0.1) is 0 Å². The van der Waals surface area contributed by atoms with E-state index < -0.39 is 0 Å². The van der Waals surface area contributed by atoms with Crippen LogP contribution in [0.1, 0.15) is 64.2 Å². The first-order chi connectivity index (χ1) is 19.9. The molecule has 0 N–H and O–H groups in total. The summed E-state index contributed by atoms with van der Waals surface area (Å²) in [5, 5.41) is 6.05. The molecular weight excluding hydrogens is 518 g/mol. The fraction of sp³-hybridized carbons (Fsp3) is 0.316. The summed E-state index contributed by atoms with van der Waals surface area (Å²) in [6, 6.07) is 44.6. The summed E-state index contributed by atoms with van der Waals surface area (Å²) in [6.45, 7) is 0. The maximum absolute atomic E-state index is 2.44. The first kappa shape index (κ1) is 30.4. The van der Waals surface area contributed by atoms with E-state index in [1.807, 2.05) is 0 Å².